The second kappa shape index (κ2) is 5.87. The second-order valence-electron chi connectivity index (χ2n) is 4.88. The van der Waals surface area contributed by atoms with Crippen molar-refractivity contribution in [3.05, 3.63) is 24.0 Å². The topological polar surface area (TPSA) is 85.8 Å². The number of amides is 2. The molecule has 1 saturated heterocycles. The third-order valence-electron chi connectivity index (χ3n) is 3.20. The highest BCUT2D eigenvalue weighted by molar-refractivity contribution is 5.97. The molecule has 1 atom stereocenters. The normalized spacial score (nSPS) is 18.7. The maximum atomic E-state index is 12.5. The number of hydrogen-bond acceptors (Lipinski definition) is 5. The van der Waals surface area contributed by atoms with Crippen molar-refractivity contribution in [1.82, 2.24) is 20.1 Å². The molecule has 108 valence electrons. The fourth-order valence-electron chi connectivity index (χ4n) is 2.18. The molecule has 7 heteroatoms. The van der Waals surface area contributed by atoms with E-state index in [9.17, 15) is 14.7 Å². The first-order valence-electron chi connectivity index (χ1n) is 6.37. The van der Waals surface area contributed by atoms with Gasteiger partial charge in [0.2, 0.25) is 5.91 Å². The predicted octanol–water partition coefficient (Wildman–Crippen LogP) is -0.711. The van der Waals surface area contributed by atoms with Gasteiger partial charge in [0.05, 0.1) is 11.8 Å². The lowest BCUT2D eigenvalue weighted by atomic mass is 10.1. The highest BCUT2D eigenvalue weighted by Gasteiger charge is 2.33. The number of likely N-dealkylation sites (N-methyl/N-ethyl adjacent to an activating group) is 1. The van der Waals surface area contributed by atoms with Crippen LogP contribution in [0, 0.1) is 0 Å². The first-order valence-corrected chi connectivity index (χ1v) is 6.37. The molecule has 0 radical (unpaired) electrons. The van der Waals surface area contributed by atoms with Gasteiger partial charge in [0, 0.05) is 39.9 Å². The van der Waals surface area contributed by atoms with E-state index in [2.05, 4.69) is 10.3 Å². The summed E-state index contributed by atoms with van der Waals surface area (Å²) in [6, 6.07) is 0.822. The molecule has 2 rings (SSSR count). The van der Waals surface area contributed by atoms with Crippen molar-refractivity contribution in [1.29, 1.82) is 0 Å². The van der Waals surface area contributed by atoms with Gasteiger partial charge < -0.3 is 20.2 Å². The Morgan fingerprint density at radius 2 is 2.20 bits per heavy atom. The highest BCUT2D eigenvalue weighted by atomic mass is 16.3. The van der Waals surface area contributed by atoms with Gasteiger partial charge in [-0.1, -0.05) is 0 Å². The fourth-order valence-corrected chi connectivity index (χ4v) is 2.18. The Hall–Kier alpha value is -2.15. The molecule has 0 aromatic carbocycles. The van der Waals surface area contributed by atoms with Crippen LogP contribution in [0.1, 0.15) is 10.4 Å². The van der Waals surface area contributed by atoms with Crippen LogP contribution >= 0.6 is 0 Å². The summed E-state index contributed by atoms with van der Waals surface area (Å²) in [4.78, 5) is 31.4. The van der Waals surface area contributed by atoms with E-state index in [1.54, 1.807) is 14.1 Å². The zero-order valence-electron chi connectivity index (χ0n) is 11.5. The van der Waals surface area contributed by atoms with Gasteiger partial charge in [0.1, 0.15) is 11.8 Å². The molecule has 7 nitrogen and oxygen atoms in total. The van der Waals surface area contributed by atoms with Gasteiger partial charge in [-0.05, 0) is 6.07 Å². The zero-order valence-corrected chi connectivity index (χ0v) is 11.5. The first kappa shape index (κ1) is 14.3. The van der Waals surface area contributed by atoms with Crippen LogP contribution in [0.4, 0.5) is 0 Å². The highest BCUT2D eigenvalue weighted by Crippen LogP contribution is 2.15. The minimum atomic E-state index is -0.534. The summed E-state index contributed by atoms with van der Waals surface area (Å²) in [5.41, 5.74) is 0.281. The number of nitrogens with zero attached hydrogens (tertiary/aromatic N) is 3. The third kappa shape index (κ3) is 2.88. The van der Waals surface area contributed by atoms with Crippen LogP contribution in [0.2, 0.25) is 0 Å². The molecule has 1 aliphatic rings. The molecule has 1 aliphatic heterocycles. The lowest BCUT2D eigenvalue weighted by molar-refractivity contribution is -0.134. The maximum Gasteiger partial charge on any atom is 0.256 e. The summed E-state index contributed by atoms with van der Waals surface area (Å²) in [6.45, 7) is 1.50. The zero-order chi connectivity index (χ0) is 14.7. The molecule has 0 spiro atoms. The average Bonchev–Trinajstić information content (AvgIpc) is 2.45. The van der Waals surface area contributed by atoms with Crippen molar-refractivity contribution in [2.75, 3.05) is 33.7 Å². The van der Waals surface area contributed by atoms with Gasteiger partial charge in [0.25, 0.3) is 5.91 Å². The van der Waals surface area contributed by atoms with Gasteiger partial charge >= 0.3 is 0 Å². The number of carbonyl (C=O) groups is 2. The van der Waals surface area contributed by atoms with Crippen LogP contribution in [-0.2, 0) is 4.79 Å². The lowest BCUT2D eigenvalue weighted by Crippen LogP contribution is -2.59. The minimum absolute atomic E-state index is 0.0681. The van der Waals surface area contributed by atoms with Crippen molar-refractivity contribution in [2.24, 2.45) is 0 Å². The number of piperazine rings is 1. The molecule has 2 amide bonds. The fraction of sp³-hybridized carbons (Fsp3) is 0.462. The van der Waals surface area contributed by atoms with Crippen LogP contribution in [0.25, 0.3) is 0 Å². The molecule has 0 saturated carbocycles. The number of aromatic hydroxyl groups is 1. The summed E-state index contributed by atoms with van der Waals surface area (Å²) in [6.07, 6.45) is 2.65. The molecule has 0 bridgehead atoms. The maximum absolute atomic E-state index is 12.5. The Kier molecular flexibility index (Phi) is 4.19. The Morgan fingerprint density at radius 1 is 1.45 bits per heavy atom. The van der Waals surface area contributed by atoms with Crippen LogP contribution in [0.5, 0.6) is 5.75 Å². The first-order chi connectivity index (χ1) is 9.50. The number of aromatic nitrogens is 1. The lowest BCUT2D eigenvalue weighted by Gasteiger charge is -2.36. The summed E-state index contributed by atoms with van der Waals surface area (Å²) in [5, 5.41) is 12.5. The van der Waals surface area contributed by atoms with Crippen molar-refractivity contribution >= 4 is 11.8 Å². The van der Waals surface area contributed by atoms with Gasteiger partial charge in [0.15, 0.2) is 0 Å². The smallest absolute Gasteiger partial charge is 0.256 e. The molecule has 2 heterocycles. The number of nitrogens with one attached hydrogen (secondary N) is 1. The van der Waals surface area contributed by atoms with E-state index in [0.29, 0.717) is 19.6 Å². The molecule has 1 fully saturated rings. The van der Waals surface area contributed by atoms with Crippen molar-refractivity contribution < 1.29 is 14.7 Å². The number of rotatable bonds is 2. The van der Waals surface area contributed by atoms with E-state index < -0.39 is 6.04 Å². The molecule has 20 heavy (non-hydrogen) atoms. The predicted molar refractivity (Wildman–Crippen MR) is 72.3 cm³/mol. The Morgan fingerprint density at radius 3 is 2.85 bits per heavy atom. The Bertz CT molecular complexity index is 518. The van der Waals surface area contributed by atoms with E-state index in [1.807, 2.05) is 0 Å². The Labute approximate surface area is 117 Å². The van der Waals surface area contributed by atoms with E-state index in [4.69, 9.17) is 0 Å². The van der Waals surface area contributed by atoms with Gasteiger partial charge in [-0.3, -0.25) is 14.6 Å². The van der Waals surface area contributed by atoms with Crippen LogP contribution in [0.3, 0.4) is 0 Å². The van der Waals surface area contributed by atoms with Crippen LogP contribution < -0.4 is 5.32 Å². The van der Waals surface area contributed by atoms with E-state index in [0.717, 1.165) is 0 Å². The largest absolute Gasteiger partial charge is 0.506 e. The number of carbonyl (C=O) groups excluding carboxylic acids is 2. The second-order valence-corrected chi connectivity index (χ2v) is 4.88. The van der Waals surface area contributed by atoms with Crippen LogP contribution in [-0.4, -0.2) is 71.5 Å². The standard InChI is InChI=1S/C13H18N4O3/c1-16(2)13(20)11-8-14-3-4-17(11)12(19)9-5-10(18)7-15-6-9/h5-7,11,14,18H,3-4,8H2,1-2H3. The average molecular weight is 278 g/mol. The summed E-state index contributed by atoms with van der Waals surface area (Å²) >= 11 is 0. The monoisotopic (exact) mass is 278 g/mol. The van der Waals surface area contributed by atoms with E-state index in [1.165, 1.54) is 28.3 Å². The van der Waals surface area contributed by atoms with Crippen molar-refractivity contribution in [2.45, 2.75) is 6.04 Å². The summed E-state index contributed by atoms with van der Waals surface area (Å²) in [7, 11) is 3.32. The Balaban J connectivity index is 2.23. The molecule has 1 aromatic rings. The minimum Gasteiger partial charge on any atom is -0.506 e. The van der Waals surface area contributed by atoms with Crippen LogP contribution in [0.15, 0.2) is 18.5 Å². The van der Waals surface area contributed by atoms with Gasteiger partial charge in [-0.25, -0.2) is 0 Å². The number of hydrogen-bond donors (Lipinski definition) is 2. The molecule has 0 aliphatic carbocycles. The SMILES string of the molecule is CN(C)C(=O)C1CNCCN1C(=O)c1cncc(O)c1. The molecular weight excluding hydrogens is 260 g/mol. The summed E-state index contributed by atoms with van der Waals surface area (Å²) in [5.74, 6) is -0.491. The molecular formula is C13H18N4O3. The van der Waals surface area contributed by atoms with E-state index in [-0.39, 0.29) is 23.1 Å². The number of pyridine rings is 1. The van der Waals surface area contributed by atoms with Gasteiger partial charge in [-0.15, -0.1) is 0 Å². The third-order valence-corrected chi connectivity index (χ3v) is 3.20. The summed E-state index contributed by atoms with van der Waals surface area (Å²) < 4.78 is 0. The molecule has 1 aromatic heterocycles. The molecule has 2 N–H and O–H groups in total. The molecule has 1 unspecified atom stereocenters. The van der Waals surface area contributed by atoms with Crippen molar-refractivity contribution in [3.8, 4) is 5.75 Å². The van der Waals surface area contributed by atoms with Gasteiger partial charge in [-0.2, -0.15) is 0 Å². The van der Waals surface area contributed by atoms with Crippen molar-refractivity contribution in [3.63, 3.8) is 0 Å². The van der Waals surface area contributed by atoms with E-state index >= 15 is 0 Å². The quantitative estimate of drug-likeness (QED) is 0.746.